The van der Waals surface area contributed by atoms with Gasteiger partial charge in [0.25, 0.3) is 0 Å². The molecule has 0 aliphatic rings. The Morgan fingerprint density at radius 2 is 2.18 bits per heavy atom. The van der Waals surface area contributed by atoms with Crippen molar-refractivity contribution in [2.45, 2.75) is 6.42 Å². The number of hydrogen-bond donors (Lipinski definition) is 0. The van der Waals surface area contributed by atoms with Gasteiger partial charge in [-0.15, -0.1) is 6.58 Å². The maximum atomic E-state index is 11.0. The van der Waals surface area contributed by atoms with Crippen molar-refractivity contribution in [3.8, 4) is 5.75 Å². The summed E-state index contributed by atoms with van der Waals surface area (Å²) < 4.78 is 10.4. The van der Waals surface area contributed by atoms with Crippen LogP contribution in [0, 0.1) is 0 Å². The summed E-state index contributed by atoms with van der Waals surface area (Å²) in [6.07, 6.45) is 3.08. The lowest BCUT2D eigenvalue weighted by Gasteiger charge is -2.13. The number of aldehydes is 1. The van der Waals surface area contributed by atoms with E-state index in [4.69, 9.17) is 21.1 Å². The molecule has 1 aromatic carbocycles. The summed E-state index contributed by atoms with van der Waals surface area (Å²) >= 11 is 5.92. The first-order valence-corrected chi connectivity index (χ1v) is 5.61. The number of rotatable bonds is 7. The average Bonchev–Trinajstić information content (AvgIpc) is 2.31. The quantitative estimate of drug-likeness (QED) is 0.426. The molecule has 0 saturated heterocycles. The Kier molecular flexibility index (Phi) is 5.73. The lowest BCUT2D eigenvalue weighted by molar-refractivity contribution is 0.111. The van der Waals surface area contributed by atoms with Crippen molar-refractivity contribution < 1.29 is 14.3 Å². The second kappa shape index (κ2) is 7.09. The Hall–Kier alpha value is -1.32. The lowest BCUT2D eigenvalue weighted by Crippen LogP contribution is -2.08. The molecule has 0 radical (unpaired) electrons. The van der Waals surface area contributed by atoms with Gasteiger partial charge in [-0.05, 0) is 18.6 Å². The van der Waals surface area contributed by atoms with Gasteiger partial charge in [-0.1, -0.05) is 17.7 Å². The van der Waals surface area contributed by atoms with Crippen molar-refractivity contribution in [1.29, 1.82) is 0 Å². The molecular weight excluding hydrogens is 240 g/mol. The molecule has 0 bridgehead atoms. The lowest BCUT2D eigenvalue weighted by atomic mass is 10.1. The zero-order chi connectivity index (χ0) is 12.7. The number of ether oxygens (including phenoxy) is 2. The predicted octanol–water partition coefficient (Wildman–Crippen LogP) is 2.91. The number of hydrogen-bond acceptors (Lipinski definition) is 3. The molecule has 3 nitrogen and oxygen atoms in total. The summed E-state index contributed by atoms with van der Waals surface area (Å²) in [6.45, 7) is 4.53. The third kappa shape index (κ3) is 3.88. The van der Waals surface area contributed by atoms with Crippen LogP contribution in [0.3, 0.4) is 0 Å². The number of carbonyl (C=O) groups is 1. The average molecular weight is 255 g/mol. The van der Waals surface area contributed by atoms with E-state index in [1.165, 1.54) is 0 Å². The van der Waals surface area contributed by atoms with Crippen LogP contribution in [-0.2, 0) is 11.2 Å². The highest BCUT2D eigenvalue weighted by atomic mass is 35.5. The minimum atomic E-state index is 0.392. The van der Waals surface area contributed by atoms with Gasteiger partial charge in [0.05, 0.1) is 12.2 Å². The summed E-state index contributed by atoms with van der Waals surface area (Å²) in [4.78, 5) is 11.0. The van der Waals surface area contributed by atoms with E-state index in [0.29, 0.717) is 36.0 Å². The van der Waals surface area contributed by atoms with E-state index in [-0.39, 0.29) is 0 Å². The first kappa shape index (κ1) is 13.7. The minimum absolute atomic E-state index is 0.392. The molecule has 0 aromatic heterocycles. The zero-order valence-electron chi connectivity index (χ0n) is 9.74. The van der Waals surface area contributed by atoms with E-state index in [1.54, 1.807) is 25.3 Å². The highest BCUT2D eigenvalue weighted by molar-refractivity contribution is 6.31. The van der Waals surface area contributed by atoms with Crippen LogP contribution in [0.1, 0.15) is 15.9 Å². The fraction of sp³-hybridized carbons (Fsp3) is 0.308. The van der Waals surface area contributed by atoms with Gasteiger partial charge in [-0.3, -0.25) is 4.79 Å². The highest BCUT2D eigenvalue weighted by Gasteiger charge is 2.10. The molecule has 0 unspecified atom stereocenters. The van der Waals surface area contributed by atoms with Crippen LogP contribution in [0.15, 0.2) is 24.8 Å². The summed E-state index contributed by atoms with van der Waals surface area (Å²) in [7, 11) is 1.59. The topological polar surface area (TPSA) is 35.5 Å². The summed E-state index contributed by atoms with van der Waals surface area (Å²) in [5.74, 6) is 0.557. The van der Waals surface area contributed by atoms with E-state index < -0.39 is 0 Å². The number of methoxy groups -OCH3 is 1. The largest absolute Gasteiger partial charge is 0.490 e. The van der Waals surface area contributed by atoms with Crippen molar-refractivity contribution >= 4 is 17.9 Å². The predicted molar refractivity (Wildman–Crippen MR) is 68.1 cm³/mol. The molecule has 0 spiro atoms. The van der Waals surface area contributed by atoms with Crippen LogP contribution in [0.25, 0.3) is 0 Å². The van der Waals surface area contributed by atoms with Crippen LogP contribution in [0.4, 0.5) is 0 Å². The van der Waals surface area contributed by atoms with Crippen molar-refractivity contribution in [2.24, 2.45) is 0 Å². The Morgan fingerprint density at radius 3 is 2.76 bits per heavy atom. The highest BCUT2D eigenvalue weighted by Crippen LogP contribution is 2.28. The zero-order valence-corrected chi connectivity index (χ0v) is 10.5. The second-order valence-electron chi connectivity index (χ2n) is 3.44. The maximum Gasteiger partial charge on any atom is 0.153 e. The smallest absolute Gasteiger partial charge is 0.153 e. The third-order valence-electron chi connectivity index (χ3n) is 2.18. The molecule has 1 aromatic rings. The van der Waals surface area contributed by atoms with Gasteiger partial charge < -0.3 is 9.47 Å². The van der Waals surface area contributed by atoms with Gasteiger partial charge in [0.1, 0.15) is 12.4 Å². The summed E-state index contributed by atoms with van der Waals surface area (Å²) in [5, 5.41) is 0.517. The standard InChI is InChI=1S/C13H15ClO3/c1-3-4-10-7-12(14)8-11(9-15)13(10)17-6-5-16-2/h3,7-9H,1,4-6H2,2H3. The van der Waals surface area contributed by atoms with Gasteiger partial charge in [-0.25, -0.2) is 0 Å². The maximum absolute atomic E-state index is 11.0. The monoisotopic (exact) mass is 254 g/mol. The van der Waals surface area contributed by atoms with Crippen LogP contribution in [0.2, 0.25) is 5.02 Å². The van der Waals surface area contributed by atoms with Gasteiger partial charge in [-0.2, -0.15) is 0 Å². The molecule has 92 valence electrons. The molecule has 0 amide bonds. The minimum Gasteiger partial charge on any atom is -0.490 e. The fourth-order valence-corrected chi connectivity index (χ4v) is 1.72. The van der Waals surface area contributed by atoms with E-state index in [0.717, 1.165) is 11.8 Å². The van der Waals surface area contributed by atoms with Crippen molar-refractivity contribution in [1.82, 2.24) is 0 Å². The Bertz CT molecular complexity index is 402. The molecule has 0 atom stereocenters. The van der Waals surface area contributed by atoms with Crippen molar-refractivity contribution in [2.75, 3.05) is 20.3 Å². The molecule has 0 heterocycles. The van der Waals surface area contributed by atoms with Crippen LogP contribution >= 0.6 is 11.6 Å². The molecule has 0 N–H and O–H groups in total. The van der Waals surface area contributed by atoms with Crippen molar-refractivity contribution in [3.63, 3.8) is 0 Å². The number of carbonyl (C=O) groups excluding carboxylic acids is 1. The molecule has 0 aliphatic heterocycles. The molecule has 17 heavy (non-hydrogen) atoms. The summed E-state index contributed by atoms with van der Waals surface area (Å²) in [5.41, 5.74) is 1.30. The first-order valence-electron chi connectivity index (χ1n) is 5.23. The van der Waals surface area contributed by atoms with E-state index >= 15 is 0 Å². The van der Waals surface area contributed by atoms with Gasteiger partial charge in [0.15, 0.2) is 6.29 Å². The van der Waals surface area contributed by atoms with Gasteiger partial charge >= 0.3 is 0 Å². The summed E-state index contributed by atoms with van der Waals surface area (Å²) in [6, 6.07) is 3.36. The Labute approximate surface area is 106 Å². The van der Waals surface area contributed by atoms with Crippen LogP contribution < -0.4 is 4.74 Å². The molecule has 0 aliphatic carbocycles. The SMILES string of the molecule is C=CCc1cc(Cl)cc(C=O)c1OCCOC. The molecular formula is C13H15ClO3. The number of allylic oxidation sites excluding steroid dienone is 1. The van der Waals surface area contributed by atoms with Gasteiger partial charge in [0, 0.05) is 17.7 Å². The van der Waals surface area contributed by atoms with E-state index in [9.17, 15) is 4.79 Å². The Balaban J connectivity index is 3.02. The molecule has 1 rings (SSSR count). The molecule has 0 saturated carbocycles. The molecule has 0 fully saturated rings. The molecule has 4 heteroatoms. The van der Waals surface area contributed by atoms with Gasteiger partial charge in [0.2, 0.25) is 0 Å². The number of halogens is 1. The van der Waals surface area contributed by atoms with Crippen molar-refractivity contribution in [3.05, 3.63) is 40.9 Å². The van der Waals surface area contributed by atoms with E-state index in [1.807, 2.05) is 0 Å². The normalized spacial score (nSPS) is 10.0. The van der Waals surface area contributed by atoms with E-state index in [2.05, 4.69) is 6.58 Å². The second-order valence-corrected chi connectivity index (χ2v) is 3.87. The fourth-order valence-electron chi connectivity index (χ4n) is 1.47. The first-order chi connectivity index (χ1) is 8.22. The van der Waals surface area contributed by atoms with Crippen LogP contribution in [-0.4, -0.2) is 26.6 Å². The third-order valence-corrected chi connectivity index (χ3v) is 2.40. The number of benzene rings is 1. The Morgan fingerprint density at radius 1 is 1.41 bits per heavy atom. The van der Waals surface area contributed by atoms with Crippen LogP contribution in [0.5, 0.6) is 5.75 Å².